The number of alkyl halides is 3. The molecule has 3 heterocycles. The van der Waals surface area contributed by atoms with Crippen molar-refractivity contribution in [2.75, 3.05) is 55.2 Å². The van der Waals surface area contributed by atoms with Crippen LogP contribution in [-0.4, -0.2) is 49.7 Å². The number of anilines is 4. The van der Waals surface area contributed by atoms with Crippen molar-refractivity contribution in [2.45, 2.75) is 25.1 Å². The predicted molar refractivity (Wildman–Crippen MR) is 128 cm³/mol. The van der Waals surface area contributed by atoms with Crippen molar-refractivity contribution in [2.24, 2.45) is 0 Å². The largest absolute Gasteiger partial charge is 0.419 e. The molecule has 0 bridgehead atoms. The molecule has 1 aliphatic heterocycles. The van der Waals surface area contributed by atoms with Gasteiger partial charge < -0.3 is 20.4 Å². The second-order valence-electron chi connectivity index (χ2n) is 8.75. The van der Waals surface area contributed by atoms with Crippen LogP contribution in [0.25, 0.3) is 0 Å². The SMILES string of the molecule is CN(C)c1ccc(C2Cc3nc(N(C)C)nc(N)c3CCN2c2ncccc2C(F)(F)F)cc1. The number of nitrogen functional groups attached to an aromatic ring is 1. The Morgan fingerprint density at radius 2 is 1.71 bits per heavy atom. The molecule has 1 atom stereocenters. The van der Waals surface area contributed by atoms with E-state index in [0.29, 0.717) is 31.2 Å². The maximum absolute atomic E-state index is 13.9. The monoisotopic (exact) mass is 471 g/mol. The first-order chi connectivity index (χ1) is 16.1. The zero-order valence-corrected chi connectivity index (χ0v) is 19.6. The Morgan fingerprint density at radius 3 is 2.32 bits per heavy atom. The number of hydrogen-bond acceptors (Lipinski definition) is 7. The Balaban J connectivity index is 1.86. The average Bonchev–Trinajstić information content (AvgIpc) is 2.98. The number of pyridine rings is 1. The third-order valence-corrected chi connectivity index (χ3v) is 6.04. The third-order valence-electron chi connectivity index (χ3n) is 6.04. The van der Waals surface area contributed by atoms with E-state index >= 15 is 0 Å². The minimum absolute atomic E-state index is 0.0937. The first-order valence-electron chi connectivity index (χ1n) is 10.9. The predicted octanol–water partition coefficient (Wildman–Crippen LogP) is 3.95. The second kappa shape index (κ2) is 9.00. The molecule has 3 aromatic rings. The summed E-state index contributed by atoms with van der Waals surface area (Å²) in [5.41, 5.74) is 8.90. The zero-order valence-electron chi connectivity index (χ0n) is 19.6. The Morgan fingerprint density at radius 1 is 1.00 bits per heavy atom. The van der Waals surface area contributed by atoms with E-state index in [9.17, 15) is 13.2 Å². The van der Waals surface area contributed by atoms with Crippen LogP contribution < -0.4 is 20.4 Å². The van der Waals surface area contributed by atoms with Crippen molar-refractivity contribution < 1.29 is 13.2 Å². The number of aromatic nitrogens is 3. The molecule has 1 aromatic carbocycles. The van der Waals surface area contributed by atoms with Crippen LogP contribution in [-0.2, 0) is 19.0 Å². The Labute approximate surface area is 197 Å². The number of hydrogen-bond donors (Lipinski definition) is 1. The molecular formula is C24H28F3N7. The zero-order chi connectivity index (χ0) is 24.6. The molecule has 0 amide bonds. The van der Waals surface area contributed by atoms with Gasteiger partial charge in [-0.3, -0.25) is 0 Å². The minimum Gasteiger partial charge on any atom is -0.383 e. The van der Waals surface area contributed by atoms with E-state index in [0.717, 1.165) is 28.6 Å². The summed E-state index contributed by atoms with van der Waals surface area (Å²) in [6.45, 7) is 0.294. The molecular weight excluding hydrogens is 443 g/mol. The Hall–Kier alpha value is -3.56. The fourth-order valence-corrected chi connectivity index (χ4v) is 4.25. The second-order valence-corrected chi connectivity index (χ2v) is 8.75. The fourth-order valence-electron chi connectivity index (χ4n) is 4.25. The number of nitrogens with two attached hydrogens (primary N) is 1. The summed E-state index contributed by atoms with van der Waals surface area (Å²) in [5.74, 6) is 0.735. The van der Waals surface area contributed by atoms with Gasteiger partial charge in [-0.05, 0) is 36.2 Å². The van der Waals surface area contributed by atoms with E-state index in [-0.39, 0.29) is 5.82 Å². The van der Waals surface area contributed by atoms with Gasteiger partial charge in [-0.15, -0.1) is 0 Å². The molecule has 2 N–H and O–H groups in total. The summed E-state index contributed by atoms with van der Waals surface area (Å²) < 4.78 is 41.8. The van der Waals surface area contributed by atoms with Crippen molar-refractivity contribution in [3.63, 3.8) is 0 Å². The molecule has 2 aromatic heterocycles. The lowest BCUT2D eigenvalue weighted by Gasteiger charge is -2.33. The number of nitrogens with zero attached hydrogens (tertiary/aromatic N) is 6. The van der Waals surface area contributed by atoms with Gasteiger partial charge in [0.05, 0.1) is 17.3 Å². The molecule has 34 heavy (non-hydrogen) atoms. The van der Waals surface area contributed by atoms with Crippen LogP contribution in [0.15, 0.2) is 42.6 Å². The highest BCUT2D eigenvalue weighted by Crippen LogP contribution is 2.41. The third kappa shape index (κ3) is 4.57. The first kappa shape index (κ1) is 23.6. The first-order valence-corrected chi connectivity index (χ1v) is 10.9. The fraction of sp³-hybridized carbons (Fsp3) is 0.375. The highest BCUT2D eigenvalue weighted by Gasteiger charge is 2.38. The van der Waals surface area contributed by atoms with Crippen LogP contribution in [0.3, 0.4) is 0 Å². The van der Waals surface area contributed by atoms with Gasteiger partial charge in [0, 0.05) is 58.6 Å². The van der Waals surface area contributed by atoms with E-state index in [1.165, 1.54) is 12.3 Å². The summed E-state index contributed by atoms with van der Waals surface area (Å²) in [5, 5.41) is 0. The van der Waals surface area contributed by atoms with E-state index in [1.54, 1.807) is 9.80 Å². The van der Waals surface area contributed by atoms with Crippen molar-refractivity contribution in [3.05, 3.63) is 65.0 Å². The standard InChI is InChI=1S/C24H28F3N7/c1-32(2)16-9-7-15(8-10-16)20-14-19-17(21(28)31-23(30-19)33(3)4)11-13-34(20)22-18(24(25,26)27)6-5-12-29-22/h5-10,12,20H,11,13-14H2,1-4H3,(H2,28,30,31). The minimum atomic E-state index is -4.53. The van der Waals surface area contributed by atoms with Crippen LogP contribution in [0.2, 0.25) is 0 Å². The van der Waals surface area contributed by atoms with E-state index in [2.05, 4.69) is 9.97 Å². The number of fused-ring (bicyclic) bond motifs is 1. The Kier molecular flexibility index (Phi) is 6.24. The van der Waals surface area contributed by atoms with Gasteiger partial charge in [0.15, 0.2) is 0 Å². The lowest BCUT2D eigenvalue weighted by molar-refractivity contribution is -0.137. The molecule has 0 radical (unpaired) electrons. The van der Waals surface area contributed by atoms with Gasteiger partial charge in [0.2, 0.25) is 5.95 Å². The molecule has 1 unspecified atom stereocenters. The molecule has 180 valence electrons. The maximum Gasteiger partial charge on any atom is 0.419 e. The Bertz CT molecular complexity index is 1160. The van der Waals surface area contributed by atoms with E-state index < -0.39 is 17.8 Å². The van der Waals surface area contributed by atoms with Crippen molar-refractivity contribution in [3.8, 4) is 0 Å². The topological polar surface area (TPSA) is 74.4 Å². The van der Waals surface area contributed by atoms with E-state index in [1.807, 2.05) is 57.4 Å². The van der Waals surface area contributed by atoms with Crippen molar-refractivity contribution in [1.82, 2.24) is 15.0 Å². The molecule has 1 aliphatic rings. The lowest BCUT2D eigenvalue weighted by Crippen LogP contribution is -2.33. The summed E-state index contributed by atoms with van der Waals surface area (Å²) in [7, 11) is 7.53. The number of benzene rings is 1. The summed E-state index contributed by atoms with van der Waals surface area (Å²) >= 11 is 0. The normalized spacial score (nSPS) is 16.1. The molecule has 7 nitrogen and oxygen atoms in total. The molecule has 0 spiro atoms. The molecule has 10 heteroatoms. The summed E-state index contributed by atoms with van der Waals surface area (Å²) in [4.78, 5) is 18.7. The van der Waals surface area contributed by atoms with Gasteiger partial charge in [0.25, 0.3) is 0 Å². The molecule has 4 rings (SSSR count). The van der Waals surface area contributed by atoms with Gasteiger partial charge in [-0.1, -0.05) is 12.1 Å². The molecule has 0 saturated heterocycles. The van der Waals surface area contributed by atoms with E-state index in [4.69, 9.17) is 10.7 Å². The van der Waals surface area contributed by atoms with Crippen LogP contribution >= 0.6 is 0 Å². The average molecular weight is 472 g/mol. The van der Waals surface area contributed by atoms with Crippen molar-refractivity contribution >= 4 is 23.3 Å². The van der Waals surface area contributed by atoms with Crippen LogP contribution in [0.4, 0.5) is 36.4 Å². The molecule has 0 aliphatic carbocycles. The number of rotatable bonds is 4. The van der Waals surface area contributed by atoms with Gasteiger partial charge in [-0.2, -0.15) is 18.2 Å². The number of halogens is 3. The van der Waals surface area contributed by atoms with Crippen LogP contribution in [0.5, 0.6) is 0 Å². The smallest absolute Gasteiger partial charge is 0.383 e. The van der Waals surface area contributed by atoms with Gasteiger partial charge in [-0.25, -0.2) is 9.97 Å². The molecule has 0 saturated carbocycles. The van der Waals surface area contributed by atoms with Crippen LogP contribution in [0.1, 0.15) is 28.4 Å². The van der Waals surface area contributed by atoms with Crippen LogP contribution in [0, 0.1) is 0 Å². The van der Waals surface area contributed by atoms with Gasteiger partial charge >= 0.3 is 6.18 Å². The van der Waals surface area contributed by atoms with Crippen molar-refractivity contribution in [1.29, 1.82) is 0 Å². The quantitative estimate of drug-likeness (QED) is 0.618. The highest BCUT2D eigenvalue weighted by molar-refractivity contribution is 5.56. The lowest BCUT2D eigenvalue weighted by atomic mass is 9.98. The summed E-state index contributed by atoms with van der Waals surface area (Å²) in [6.07, 6.45) is -2.35. The van der Waals surface area contributed by atoms with Gasteiger partial charge in [0.1, 0.15) is 11.6 Å². The maximum atomic E-state index is 13.9. The molecule has 0 fully saturated rings. The highest BCUT2D eigenvalue weighted by atomic mass is 19.4. The summed E-state index contributed by atoms with van der Waals surface area (Å²) in [6, 6.07) is 9.79.